The first-order chi connectivity index (χ1) is 26.6. The van der Waals surface area contributed by atoms with Crippen molar-refractivity contribution >= 4 is 43.6 Å². The van der Waals surface area contributed by atoms with Crippen molar-refractivity contribution in [3.8, 4) is 11.4 Å². The van der Waals surface area contributed by atoms with E-state index in [1.165, 1.54) is 11.0 Å². The lowest BCUT2D eigenvalue weighted by Crippen LogP contribution is -2.61. The fourth-order valence-corrected chi connectivity index (χ4v) is 6.99. The summed E-state index contributed by atoms with van der Waals surface area (Å²) < 4.78 is 40.4. The molecule has 4 rings (SSSR count). The molecule has 0 aliphatic carbocycles. The second-order valence-corrected chi connectivity index (χ2v) is 14.6. The summed E-state index contributed by atoms with van der Waals surface area (Å²) in [5.74, 6) is -2.19. The maximum atomic E-state index is 14.4. The number of rotatable bonds is 20. The fraction of sp³-hybridized carbons (Fsp3) is 0.595. The minimum Gasteiger partial charge on any atom is -0.449 e. The molecule has 2 saturated heterocycles. The first-order valence-electron chi connectivity index (χ1n) is 18.9. The molecule has 0 spiro atoms. The van der Waals surface area contributed by atoms with E-state index in [1.54, 1.807) is 33.1 Å². The van der Waals surface area contributed by atoms with E-state index < -0.39 is 62.5 Å². The molecule has 2 fully saturated rings. The predicted octanol–water partition coefficient (Wildman–Crippen LogP) is 3.71. The lowest BCUT2D eigenvalue weighted by molar-refractivity contribution is -0.234. The molecule has 1 aromatic heterocycles. The molecule has 2 aromatic rings. The number of aromatic nitrogens is 2. The molecular formula is C37H53N6O11P. The zero-order chi connectivity index (χ0) is 39.7. The third kappa shape index (κ3) is 13.1. The van der Waals surface area contributed by atoms with Crippen molar-refractivity contribution in [3.05, 3.63) is 42.1 Å². The number of anilines is 1. The number of amides is 2. The van der Waals surface area contributed by atoms with Gasteiger partial charge in [-0.05, 0) is 25.7 Å². The van der Waals surface area contributed by atoms with Crippen LogP contribution in [0.2, 0.25) is 0 Å². The Morgan fingerprint density at radius 1 is 0.982 bits per heavy atom. The first-order valence-corrected chi connectivity index (χ1v) is 20.4. The van der Waals surface area contributed by atoms with Gasteiger partial charge in [-0.2, -0.15) is 0 Å². The van der Waals surface area contributed by atoms with Gasteiger partial charge in [-0.15, -0.1) is 0 Å². The van der Waals surface area contributed by atoms with Crippen molar-refractivity contribution in [2.45, 2.75) is 90.4 Å². The lowest BCUT2D eigenvalue weighted by atomic mass is 10.0. The molecule has 0 bridgehead atoms. The third-order valence-electron chi connectivity index (χ3n) is 8.92. The van der Waals surface area contributed by atoms with E-state index in [1.807, 2.05) is 30.0 Å². The molecule has 3 heterocycles. The first kappa shape index (κ1) is 43.3. The number of methoxy groups -OCH3 is 1. The molecule has 4 atom stereocenters. The Labute approximate surface area is 322 Å². The number of nitrogens with one attached hydrogen (secondary N) is 2. The molecule has 0 radical (unpaired) electrons. The Hall–Kier alpha value is -4.44. The van der Waals surface area contributed by atoms with E-state index in [2.05, 4.69) is 15.6 Å². The van der Waals surface area contributed by atoms with Gasteiger partial charge in [0.15, 0.2) is 11.6 Å². The van der Waals surface area contributed by atoms with Crippen LogP contribution in [-0.4, -0.2) is 122 Å². The zero-order valence-electron chi connectivity index (χ0n) is 32.0. The standard InChI is InChI=1S/C37H53N6O11P/c1-5-8-20-51-36(48)43-19-17-38-22-29(43)33(46)28(24-55(49)54-37(52-31(44)12-6-2)53-32(45)13-7-3)40-35(47)27-21-30(42-18-16-26(23-42)50-4)41-34(39-27)25-14-10-9-11-15-25/h9-11,14-15,21,26,28-29,37-38,55H,5-8,12-13,16-20,22-24H2,1-4H3,(H,40,47). The molecule has 302 valence electrons. The van der Waals surface area contributed by atoms with Gasteiger partial charge in [-0.1, -0.05) is 57.5 Å². The van der Waals surface area contributed by atoms with Crippen LogP contribution in [0.5, 0.6) is 0 Å². The second kappa shape index (κ2) is 22.2. The van der Waals surface area contributed by atoms with Crippen molar-refractivity contribution in [3.63, 3.8) is 0 Å². The largest absolute Gasteiger partial charge is 0.449 e. The number of esters is 2. The van der Waals surface area contributed by atoms with Gasteiger partial charge in [0, 0.05) is 70.5 Å². The average Bonchev–Trinajstić information content (AvgIpc) is 3.67. The Kier molecular flexibility index (Phi) is 17.5. The average molecular weight is 789 g/mol. The van der Waals surface area contributed by atoms with Gasteiger partial charge < -0.3 is 34.5 Å². The Morgan fingerprint density at radius 3 is 2.33 bits per heavy atom. The highest BCUT2D eigenvalue weighted by Gasteiger charge is 2.39. The molecule has 4 unspecified atom stereocenters. The van der Waals surface area contributed by atoms with Crippen molar-refractivity contribution in [1.82, 2.24) is 25.5 Å². The molecule has 18 heteroatoms. The van der Waals surface area contributed by atoms with E-state index in [4.69, 9.17) is 28.5 Å². The number of Topliss-reactive ketones (excluding diaryl/α,β-unsaturated/α-hetero) is 1. The number of hydrogen-bond acceptors (Lipinski definition) is 15. The van der Waals surface area contributed by atoms with Crippen LogP contribution in [-0.2, 0) is 42.4 Å². The Balaban J connectivity index is 1.66. The molecule has 0 saturated carbocycles. The van der Waals surface area contributed by atoms with Crippen LogP contribution >= 0.6 is 8.03 Å². The van der Waals surface area contributed by atoms with E-state index in [0.29, 0.717) is 50.3 Å². The van der Waals surface area contributed by atoms with Gasteiger partial charge >= 0.3 is 24.5 Å². The molecule has 1 aromatic carbocycles. The van der Waals surface area contributed by atoms with Gasteiger partial charge in [-0.25, -0.2) is 14.8 Å². The van der Waals surface area contributed by atoms with Crippen LogP contribution in [0.1, 0.15) is 76.2 Å². The second-order valence-electron chi connectivity index (χ2n) is 13.2. The number of nitrogens with zero attached hydrogens (tertiary/aromatic N) is 4. The van der Waals surface area contributed by atoms with Crippen LogP contribution in [0.4, 0.5) is 10.6 Å². The van der Waals surface area contributed by atoms with Crippen molar-refractivity contribution in [1.29, 1.82) is 0 Å². The number of unbranched alkanes of at least 4 members (excludes halogenated alkanes) is 1. The molecular weight excluding hydrogens is 735 g/mol. The summed E-state index contributed by atoms with van der Waals surface area (Å²) in [5.41, 5.74) is 0.583. The van der Waals surface area contributed by atoms with E-state index in [0.717, 1.165) is 12.8 Å². The van der Waals surface area contributed by atoms with Gasteiger partial charge in [0.2, 0.25) is 8.03 Å². The monoisotopic (exact) mass is 788 g/mol. The van der Waals surface area contributed by atoms with Crippen LogP contribution in [0.3, 0.4) is 0 Å². The van der Waals surface area contributed by atoms with Gasteiger partial charge in [0.25, 0.3) is 5.91 Å². The summed E-state index contributed by atoms with van der Waals surface area (Å²) in [6.45, 7) is 5.40. The smallest absolute Gasteiger partial charge is 0.410 e. The molecule has 55 heavy (non-hydrogen) atoms. The highest BCUT2D eigenvalue weighted by Crippen LogP contribution is 2.29. The summed E-state index contributed by atoms with van der Waals surface area (Å²) in [6, 6.07) is 7.98. The Morgan fingerprint density at radius 2 is 1.69 bits per heavy atom. The van der Waals surface area contributed by atoms with Crippen LogP contribution < -0.4 is 15.5 Å². The quantitative estimate of drug-likeness (QED) is 0.0850. The number of carbonyl (C=O) groups excluding carboxylic acids is 5. The maximum Gasteiger partial charge on any atom is 0.410 e. The third-order valence-corrected chi connectivity index (χ3v) is 10.1. The minimum atomic E-state index is -3.40. The molecule has 2 aliphatic heterocycles. The summed E-state index contributed by atoms with van der Waals surface area (Å²) in [5, 5.41) is 5.78. The highest BCUT2D eigenvalue weighted by atomic mass is 31.1. The number of benzene rings is 1. The Bertz CT molecular complexity index is 1610. The number of ketones is 1. The SMILES string of the molecule is CCCCOC(=O)N1CCNCC1C(=O)C(C[PH](=O)OC(OC(=O)CCC)OC(=O)CCC)NC(=O)c1cc(N2CCC(OC)C2)nc(-c2ccccc2)n1. The van der Waals surface area contributed by atoms with E-state index >= 15 is 0 Å². The molecule has 2 aliphatic rings. The molecule has 2 amide bonds. The zero-order valence-corrected chi connectivity index (χ0v) is 33.0. The summed E-state index contributed by atoms with van der Waals surface area (Å²) in [4.78, 5) is 78.9. The molecule has 17 nitrogen and oxygen atoms in total. The normalized spacial score (nSPS) is 18.1. The summed E-state index contributed by atoms with van der Waals surface area (Å²) >= 11 is 0. The lowest BCUT2D eigenvalue weighted by Gasteiger charge is -2.36. The minimum absolute atomic E-state index is 0.0163. The number of hydrogen-bond donors (Lipinski definition) is 2. The summed E-state index contributed by atoms with van der Waals surface area (Å²) in [7, 11) is -1.77. The van der Waals surface area contributed by atoms with Crippen molar-refractivity contribution in [2.75, 3.05) is 57.5 Å². The van der Waals surface area contributed by atoms with Gasteiger partial charge in [-0.3, -0.25) is 33.2 Å². The highest BCUT2D eigenvalue weighted by molar-refractivity contribution is 7.39. The van der Waals surface area contributed by atoms with Gasteiger partial charge in [0.1, 0.15) is 17.6 Å². The summed E-state index contributed by atoms with van der Waals surface area (Å²) in [6.07, 6.45) is 1.70. The van der Waals surface area contributed by atoms with E-state index in [9.17, 15) is 28.5 Å². The van der Waals surface area contributed by atoms with Crippen LogP contribution in [0.15, 0.2) is 36.4 Å². The predicted molar refractivity (Wildman–Crippen MR) is 202 cm³/mol. The topological polar surface area (TPSA) is 205 Å². The number of ether oxygens (including phenoxy) is 4. The number of carbonyl (C=O) groups is 5. The van der Waals surface area contributed by atoms with Crippen molar-refractivity contribution in [2.24, 2.45) is 0 Å². The van der Waals surface area contributed by atoms with Crippen molar-refractivity contribution < 1.29 is 52.0 Å². The van der Waals surface area contributed by atoms with Gasteiger partial charge in [0.05, 0.1) is 18.8 Å². The fourth-order valence-electron chi connectivity index (χ4n) is 5.94. The molecule has 2 N–H and O–H groups in total. The van der Waals surface area contributed by atoms with Crippen LogP contribution in [0, 0.1) is 0 Å². The number of piperazine rings is 1. The van der Waals surface area contributed by atoms with E-state index in [-0.39, 0.29) is 50.2 Å². The van der Waals surface area contributed by atoms with Crippen LogP contribution in [0.25, 0.3) is 11.4 Å². The maximum absolute atomic E-state index is 14.4.